The molecule has 0 bridgehead atoms. The largest absolute Gasteiger partial charge is 0.504 e. The number of nitrogens with two attached hydrogens (primary N) is 1. The predicted octanol–water partition coefficient (Wildman–Crippen LogP) is -0.103. The Labute approximate surface area is 105 Å². The molecule has 1 aromatic rings. The van der Waals surface area contributed by atoms with Crippen LogP contribution in [0.1, 0.15) is 10.4 Å². The summed E-state index contributed by atoms with van der Waals surface area (Å²) in [4.78, 5) is 13.8. The van der Waals surface area contributed by atoms with Crippen molar-refractivity contribution in [2.75, 3.05) is 26.2 Å². The van der Waals surface area contributed by atoms with Crippen LogP contribution in [0.2, 0.25) is 0 Å². The molecule has 18 heavy (non-hydrogen) atoms. The Bertz CT molecular complexity index is 450. The first-order valence-corrected chi connectivity index (χ1v) is 5.75. The van der Waals surface area contributed by atoms with Crippen molar-refractivity contribution < 1.29 is 19.7 Å². The van der Waals surface area contributed by atoms with Crippen LogP contribution < -0.4 is 5.73 Å². The van der Waals surface area contributed by atoms with Crippen molar-refractivity contribution >= 4 is 5.91 Å². The second kappa shape index (κ2) is 5.24. The molecule has 1 unspecified atom stereocenters. The molecule has 0 aromatic heterocycles. The maximum atomic E-state index is 12.2. The Kier molecular flexibility index (Phi) is 3.69. The zero-order valence-corrected chi connectivity index (χ0v) is 9.87. The summed E-state index contributed by atoms with van der Waals surface area (Å²) in [5.74, 6) is -1.02. The molecule has 98 valence electrons. The lowest BCUT2D eigenvalue weighted by molar-refractivity contribution is -0.0168. The van der Waals surface area contributed by atoms with Gasteiger partial charge in [-0.3, -0.25) is 4.79 Å². The van der Waals surface area contributed by atoms with Gasteiger partial charge in [-0.15, -0.1) is 0 Å². The molecule has 1 aromatic carbocycles. The Hall–Kier alpha value is -1.79. The van der Waals surface area contributed by atoms with Gasteiger partial charge in [0.1, 0.15) is 0 Å². The van der Waals surface area contributed by atoms with Gasteiger partial charge in [-0.05, 0) is 12.1 Å². The van der Waals surface area contributed by atoms with Crippen molar-refractivity contribution in [3.63, 3.8) is 0 Å². The molecule has 0 spiro atoms. The normalized spacial score (nSPS) is 19.8. The van der Waals surface area contributed by atoms with Gasteiger partial charge in [0.2, 0.25) is 0 Å². The number of morpholine rings is 1. The van der Waals surface area contributed by atoms with E-state index in [9.17, 15) is 15.0 Å². The average Bonchev–Trinajstić information content (AvgIpc) is 2.41. The summed E-state index contributed by atoms with van der Waals surface area (Å²) in [5, 5.41) is 19.0. The smallest absolute Gasteiger partial charge is 0.257 e. The molecule has 1 saturated heterocycles. The van der Waals surface area contributed by atoms with Gasteiger partial charge in [-0.2, -0.15) is 0 Å². The Morgan fingerprint density at radius 1 is 1.50 bits per heavy atom. The van der Waals surface area contributed by atoms with Gasteiger partial charge in [-0.25, -0.2) is 0 Å². The quantitative estimate of drug-likeness (QED) is 0.639. The van der Waals surface area contributed by atoms with E-state index in [4.69, 9.17) is 10.5 Å². The van der Waals surface area contributed by atoms with Crippen LogP contribution in [0.3, 0.4) is 0 Å². The van der Waals surface area contributed by atoms with E-state index < -0.39 is 5.75 Å². The minimum absolute atomic E-state index is 0.0904. The van der Waals surface area contributed by atoms with Gasteiger partial charge in [0.25, 0.3) is 5.91 Å². The first-order chi connectivity index (χ1) is 8.63. The second-order valence-electron chi connectivity index (χ2n) is 4.15. The van der Waals surface area contributed by atoms with Crippen molar-refractivity contribution in [1.82, 2.24) is 4.90 Å². The number of rotatable bonds is 2. The van der Waals surface area contributed by atoms with E-state index >= 15 is 0 Å². The standard InChI is InChI=1S/C12H16N2O4/c13-6-8-7-14(4-5-18-8)12(17)9-2-1-3-10(15)11(9)16/h1-3,8,15-16H,4-7,13H2. The van der Waals surface area contributed by atoms with Crippen molar-refractivity contribution in [2.24, 2.45) is 5.73 Å². The Morgan fingerprint density at radius 3 is 3.00 bits per heavy atom. The Balaban J connectivity index is 2.18. The number of benzene rings is 1. The number of phenols is 2. The first kappa shape index (κ1) is 12.7. The van der Waals surface area contributed by atoms with Gasteiger partial charge >= 0.3 is 0 Å². The highest BCUT2D eigenvalue weighted by atomic mass is 16.5. The first-order valence-electron chi connectivity index (χ1n) is 5.75. The van der Waals surface area contributed by atoms with E-state index in [2.05, 4.69) is 0 Å². The summed E-state index contributed by atoms with van der Waals surface area (Å²) >= 11 is 0. The van der Waals surface area contributed by atoms with Gasteiger partial charge in [0.15, 0.2) is 11.5 Å². The molecule has 2 rings (SSSR count). The molecule has 1 heterocycles. The highest BCUT2D eigenvalue weighted by Crippen LogP contribution is 2.29. The number of amides is 1. The van der Waals surface area contributed by atoms with Gasteiger partial charge in [0, 0.05) is 19.6 Å². The fourth-order valence-corrected chi connectivity index (χ4v) is 1.92. The monoisotopic (exact) mass is 252 g/mol. The summed E-state index contributed by atoms with van der Waals surface area (Å²) in [6.45, 7) is 1.61. The lowest BCUT2D eigenvalue weighted by Gasteiger charge is -2.32. The van der Waals surface area contributed by atoms with Gasteiger partial charge in [-0.1, -0.05) is 6.07 Å². The zero-order chi connectivity index (χ0) is 13.1. The number of carbonyl (C=O) groups is 1. The van der Waals surface area contributed by atoms with Crippen molar-refractivity contribution in [2.45, 2.75) is 6.10 Å². The predicted molar refractivity (Wildman–Crippen MR) is 64.5 cm³/mol. The minimum atomic E-state index is -0.390. The third kappa shape index (κ3) is 2.39. The number of aromatic hydroxyl groups is 2. The van der Waals surface area contributed by atoms with Crippen molar-refractivity contribution in [3.05, 3.63) is 23.8 Å². The number of nitrogens with zero attached hydrogens (tertiary/aromatic N) is 1. The van der Waals surface area contributed by atoms with Crippen LogP contribution in [0.5, 0.6) is 11.5 Å². The highest BCUT2D eigenvalue weighted by molar-refractivity contribution is 5.97. The molecule has 0 radical (unpaired) electrons. The fourth-order valence-electron chi connectivity index (χ4n) is 1.92. The molecule has 4 N–H and O–H groups in total. The fraction of sp³-hybridized carbons (Fsp3) is 0.417. The SMILES string of the molecule is NCC1CN(C(=O)c2cccc(O)c2O)CCO1. The van der Waals surface area contributed by atoms with Gasteiger partial charge < -0.3 is 25.6 Å². The minimum Gasteiger partial charge on any atom is -0.504 e. The summed E-state index contributed by atoms with van der Waals surface area (Å²) in [5.41, 5.74) is 5.60. The lowest BCUT2D eigenvalue weighted by atomic mass is 10.1. The molecule has 1 fully saturated rings. The van der Waals surface area contributed by atoms with Crippen LogP contribution in [0.25, 0.3) is 0 Å². The molecule has 1 atom stereocenters. The van der Waals surface area contributed by atoms with Crippen LogP contribution in [-0.4, -0.2) is 53.4 Å². The summed E-state index contributed by atoms with van der Waals surface area (Å²) in [7, 11) is 0. The summed E-state index contributed by atoms with van der Waals surface area (Å²) in [6.07, 6.45) is -0.179. The number of ether oxygens (including phenoxy) is 1. The zero-order valence-electron chi connectivity index (χ0n) is 9.87. The van der Waals surface area contributed by atoms with E-state index in [0.29, 0.717) is 26.2 Å². The average molecular weight is 252 g/mol. The molecule has 0 saturated carbocycles. The van der Waals surface area contributed by atoms with Crippen LogP contribution in [-0.2, 0) is 4.74 Å². The molecule has 6 nitrogen and oxygen atoms in total. The third-order valence-corrected chi connectivity index (χ3v) is 2.93. The highest BCUT2D eigenvalue weighted by Gasteiger charge is 2.26. The molecule has 1 aliphatic rings. The van der Waals surface area contributed by atoms with E-state index in [-0.39, 0.29) is 23.3 Å². The lowest BCUT2D eigenvalue weighted by Crippen LogP contribution is -2.48. The van der Waals surface area contributed by atoms with E-state index in [1.807, 2.05) is 0 Å². The topological polar surface area (TPSA) is 96.0 Å². The number of para-hydroxylation sites is 1. The third-order valence-electron chi connectivity index (χ3n) is 2.93. The van der Waals surface area contributed by atoms with Crippen molar-refractivity contribution in [3.8, 4) is 11.5 Å². The number of carbonyl (C=O) groups excluding carboxylic acids is 1. The summed E-state index contributed by atoms with van der Waals surface area (Å²) in [6, 6.07) is 4.32. The maximum Gasteiger partial charge on any atom is 0.257 e. The van der Waals surface area contributed by atoms with Gasteiger partial charge in [0.05, 0.1) is 18.3 Å². The molecule has 6 heteroatoms. The van der Waals surface area contributed by atoms with Crippen LogP contribution in [0, 0.1) is 0 Å². The molecule has 1 amide bonds. The van der Waals surface area contributed by atoms with E-state index in [0.717, 1.165) is 0 Å². The maximum absolute atomic E-state index is 12.2. The summed E-state index contributed by atoms with van der Waals surface area (Å²) < 4.78 is 5.37. The van der Waals surface area contributed by atoms with E-state index in [1.54, 1.807) is 4.90 Å². The second-order valence-corrected chi connectivity index (χ2v) is 4.15. The number of hydrogen-bond acceptors (Lipinski definition) is 5. The molecular formula is C12H16N2O4. The van der Waals surface area contributed by atoms with Crippen molar-refractivity contribution in [1.29, 1.82) is 0 Å². The van der Waals surface area contributed by atoms with Crippen LogP contribution >= 0.6 is 0 Å². The molecule has 0 aliphatic carbocycles. The molecular weight excluding hydrogens is 236 g/mol. The van der Waals surface area contributed by atoms with Crippen LogP contribution in [0.4, 0.5) is 0 Å². The van der Waals surface area contributed by atoms with E-state index in [1.165, 1.54) is 18.2 Å². The number of hydrogen-bond donors (Lipinski definition) is 3. The number of phenolic OH excluding ortho intramolecular Hbond substituents is 2. The Morgan fingerprint density at radius 2 is 2.28 bits per heavy atom. The van der Waals surface area contributed by atoms with Crippen LogP contribution in [0.15, 0.2) is 18.2 Å². The molecule has 1 aliphatic heterocycles.